The highest BCUT2D eigenvalue weighted by Gasteiger charge is 2.08. The molecular weight excluding hydrogens is 248 g/mol. The van der Waals surface area contributed by atoms with E-state index in [1.165, 1.54) is 11.1 Å². The van der Waals surface area contributed by atoms with Crippen LogP contribution in [0.5, 0.6) is 0 Å². The van der Waals surface area contributed by atoms with Gasteiger partial charge in [0.2, 0.25) is 5.28 Å². The molecule has 18 heavy (non-hydrogen) atoms. The first-order valence-electron chi connectivity index (χ1n) is 5.60. The Morgan fingerprint density at radius 2 is 1.67 bits per heavy atom. The lowest BCUT2D eigenvalue weighted by molar-refractivity contribution is 1.11. The number of nitrogen functional groups attached to an aromatic ring is 1. The molecule has 3 N–H and O–H groups in total. The minimum Gasteiger partial charge on any atom is -0.394 e. The number of rotatable bonds is 2. The average Bonchev–Trinajstić information content (AvgIpc) is 2.23. The van der Waals surface area contributed by atoms with E-state index < -0.39 is 0 Å². The molecule has 0 radical (unpaired) electrons. The number of nitrogens with two attached hydrogens (primary N) is 1. The molecule has 0 unspecified atom stereocenters. The van der Waals surface area contributed by atoms with Crippen molar-refractivity contribution in [2.75, 3.05) is 11.1 Å². The van der Waals surface area contributed by atoms with Gasteiger partial charge in [-0.3, -0.25) is 0 Å². The summed E-state index contributed by atoms with van der Waals surface area (Å²) in [5.74, 6) is 0.539. The molecule has 0 bridgehead atoms. The summed E-state index contributed by atoms with van der Waals surface area (Å²) in [7, 11) is 0. The molecule has 1 heterocycles. The fraction of sp³-hybridized carbons (Fsp3) is 0.231. The largest absolute Gasteiger partial charge is 0.394 e. The van der Waals surface area contributed by atoms with E-state index in [1.54, 1.807) is 6.92 Å². The number of benzene rings is 1. The van der Waals surface area contributed by atoms with E-state index >= 15 is 0 Å². The van der Waals surface area contributed by atoms with Crippen molar-refractivity contribution in [2.45, 2.75) is 20.8 Å². The van der Waals surface area contributed by atoms with Crippen LogP contribution in [-0.2, 0) is 0 Å². The highest BCUT2D eigenvalue weighted by atomic mass is 35.5. The number of anilines is 3. The zero-order valence-corrected chi connectivity index (χ0v) is 11.3. The Hall–Kier alpha value is -1.81. The van der Waals surface area contributed by atoms with Gasteiger partial charge in [0.05, 0.1) is 11.4 Å². The molecular formula is C13H15ClN4. The van der Waals surface area contributed by atoms with Crippen LogP contribution in [0.25, 0.3) is 0 Å². The highest BCUT2D eigenvalue weighted by molar-refractivity contribution is 6.28. The van der Waals surface area contributed by atoms with Crippen molar-refractivity contribution in [3.8, 4) is 0 Å². The molecule has 0 spiro atoms. The number of nitrogens with zero attached hydrogens (tertiary/aromatic N) is 2. The first kappa shape index (κ1) is 12.6. The van der Waals surface area contributed by atoms with Gasteiger partial charge in [0.1, 0.15) is 0 Å². The molecule has 2 rings (SSSR count). The van der Waals surface area contributed by atoms with E-state index in [4.69, 9.17) is 17.3 Å². The van der Waals surface area contributed by atoms with Crippen molar-refractivity contribution in [3.63, 3.8) is 0 Å². The number of halogens is 1. The maximum Gasteiger partial charge on any atom is 0.224 e. The van der Waals surface area contributed by atoms with Crippen LogP contribution in [0.4, 0.5) is 17.2 Å². The molecule has 0 fully saturated rings. The van der Waals surface area contributed by atoms with E-state index in [-0.39, 0.29) is 5.28 Å². The van der Waals surface area contributed by atoms with Crippen LogP contribution < -0.4 is 11.1 Å². The molecule has 0 saturated carbocycles. The number of aryl methyl sites for hydroxylation is 3. The van der Waals surface area contributed by atoms with Gasteiger partial charge < -0.3 is 11.1 Å². The molecule has 0 aliphatic carbocycles. The van der Waals surface area contributed by atoms with Gasteiger partial charge in [0, 0.05) is 5.69 Å². The van der Waals surface area contributed by atoms with Crippen LogP contribution in [0.1, 0.15) is 16.8 Å². The maximum atomic E-state index is 5.93. The monoisotopic (exact) mass is 262 g/mol. The highest BCUT2D eigenvalue weighted by Crippen LogP contribution is 2.25. The van der Waals surface area contributed by atoms with Gasteiger partial charge in [-0.1, -0.05) is 6.07 Å². The van der Waals surface area contributed by atoms with Gasteiger partial charge in [0.15, 0.2) is 5.82 Å². The summed E-state index contributed by atoms with van der Waals surface area (Å²) >= 11 is 5.83. The van der Waals surface area contributed by atoms with Crippen molar-refractivity contribution in [1.29, 1.82) is 0 Å². The molecule has 4 nitrogen and oxygen atoms in total. The van der Waals surface area contributed by atoms with Gasteiger partial charge >= 0.3 is 0 Å². The van der Waals surface area contributed by atoms with Crippen LogP contribution in [0.15, 0.2) is 18.2 Å². The predicted molar refractivity (Wildman–Crippen MR) is 75.4 cm³/mol. The first-order valence-corrected chi connectivity index (χ1v) is 5.98. The zero-order valence-electron chi connectivity index (χ0n) is 10.6. The molecule has 1 aromatic carbocycles. The Labute approximate surface area is 111 Å². The summed E-state index contributed by atoms with van der Waals surface area (Å²) in [4.78, 5) is 8.11. The second-order valence-electron chi connectivity index (χ2n) is 4.34. The molecule has 5 heteroatoms. The Morgan fingerprint density at radius 1 is 1.06 bits per heavy atom. The second kappa shape index (κ2) is 4.82. The third kappa shape index (κ3) is 2.71. The molecule has 0 aliphatic rings. The fourth-order valence-corrected chi connectivity index (χ4v) is 2.04. The molecule has 0 aliphatic heterocycles. The molecule has 2 aromatic rings. The summed E-state index contributed by atoms with van der Waals surface area (Å²) in [5.41, 5.74) is 10.4. The summed E-state index contributed by atoms with van der Waals surface area (Å²) in [6, 6.07) is 6.16. The van der Waals surface area contributed by atoms with Crippen LogP contribution in [0.2, 0.25) is 5.28 Å². The third-order valence-corrected chi connectivity index (χ3v) is 2.76. The van der Waals surface area contributed by atoms with Crippen LogP contribution >= 0.6 is 11.6 Å². The Kier molecular flexibility index (Phi) is 3.39. The van der Waals surface area contributed by atoms with E-state index in [1.807, 2.05) is 26.0 Å². The lowest BCUT2D eigenvalue weighted by atomic mass is 10.1. The van der Waals surface area contributed by atoms with E-state index in [9.17, 15) is 0 Å². The van der Waals surface area contributed by atoms with E-state index in [2.05, 4.69) is 21.4 Å². The van der Waals surface area contributed by atoms with E-state index in [0.717, 1.165) is 5.69 Å². The van der Waals surface area contributed by atoms with Gasteiger partial charge in [-0.25, -0.2) is 4.98 Å². The maximum absolute atomic E-state index is 5.93. The van der Waals surface area contributed by atoms with Crippen molar-refractivity contribution in [3.05, 3.63) is 40.3 Å². The van der Waals surface area contributed by atoms with Gasteiger partial charge in [-0.2, -0.15) is 4.98 Å². The topological polar surface area (TPSA) is 63.8 Å². The minimum absolute atomic E-state index is 0.188. The summed E-state index contributed by atoms with van der Waals surface area (Å²) in [6.45, 7) is 5.88. The minimum atomic E-state index is 0.188. The third-order valence-electron chi connectivity index (χ3n) is 2.59. The smallest absolute Gasteiger partial charge is 0.224 e. The number of hydrogen-bond donors (Lipinski definition) is 2. The van der Waals surface area contributed by atoms with Gasteiger partial charge in [-0.05, 0) is 55.6 Å². The van der Waals surface area contributed by atoms with Crippen molar-refractivity contribution >= 4 is 28.8 Å². The lowest BCUT2D eigenvalue weighted by Crippen LogP contribution is -2.04. The quantitative estimate of drug-likeness (QED) is 0.815. The molecule has 0 amide bonds. The van der Waals surface area contributed by atoms with Crippen LogP contribution in [0.3, 0.4) is 0 Å². The van der Waals surface area contributed by atoms with Crippen LogP contribution in [0, 0.1) is 20.8 Å². The Morgan fingerprint density at radius 3 is 2.28 bits per heavy atom. The predicted octanol–water partition coefficient (Wildman–Crippen LogP) is 3.38. The van der Waals surface area contributed by atoms with E-state index in [0.29, 0.717) is 17.2 Å². The van der Waals surface area contributed by atoms with Gasteiger partial charge in [-0.15, -0.1) is 0 Å². The van der Waals surface area contributed by atoms with Crippen molar-refractivity contribution in [1.82, 2.24) is 9.97 Å². The molecule has 94 valence electrons. The lowest BCUT2D eigenvalue weighted by Gasteiger charge is -2.11. The molecule has 0 saturated heterocycles. The van der Waals surface area contributed by atoms with Crippen LogP contribution in [-0.4, -0.2) is 9.97 Å². The Balaban J connectivity index is 2.39. The van der Waals surface area contributed by atoms with Crippen molar-refractivity contribution < 1.29 is 0 Å². The second-order valence-corrected chi connectivity index (χ2v) is 4.68. The molecule has 0 atom stereocenters. The number of aromatic nitrogens is 2. The summed E-state index contributed by atoms with van der Waals surface area (Å²) in [6.07, 6.45) is 0. The Bertz CT molecular complexity index is 576. The summed E-state index contributed by atoms with van der Waals surface area (Å²) in [5, 5.41) is 3.36. The number of hydrogen-bond acceptors (Lipinski definition) is 4. The first-order chi connectivity index (χ1) is 8.45. The molecule has 1 aromatic heterocycles. The fourth-order valence-electron chi connectivity index (χ4n) is 1.83. The standard InChI is InChI=1S/C13H15ClN4/c1-7-4-8(2)6-10(5-7)17-12-11(15)9(3)16-13(14)18-12/h4-6H,15H2,1-3H3,(H,16,17,18). The SMILES string of the molecule is Cc1cc(C)cc(Nc2nc(Cl)nc(C)c2N)c1. The van der Waals surface area contributed by atoms with Gasteiger partial charge in [0.25, 0.3) is 0 Å². The normalized spacial score (nSPS) is 10.4. The average molecular weight is 263 g/mol. The van der Waals surface area contributed by atoms with Crippen molar-refractivity contribution in [2.24, 2.45) is 0 Å². The zero-order chi connectivity index (χ0) is 13.3. The summed E-state index contributed by atoms with van der Waals surface area (Å²) < 4.78 is 0. The number of nitrogens with one attached hydrogen (secondary N) is 1.